The third kappa shape index (κ3) is 21.5. The predicted molar refractivity (Wildman–Crippen MR) is 479 cm³/mol. The monoisotopic (exact) mass is 1500 g/mol. The lowest BCUT2D eigenvalue weighted by Gasteiger charge is -2.22. The van der Waals surface area contributed by atoms with Gasteiger partial charge in [-0.2, -0.15) is 0 Å². The van der Waals surface area contributed by atoms with Crippen molar-refractivity contribution < 1.29 is 4.92 Å². The van der Waals surface area contributed by atoms with E-state index in [1.54, 1.807) is 10.5 Å². The molecular formula is C101H138N6O4. The van der Waals surface area contributed by atoms with Crippen LogP contribution < -0.4 is 16.9 Å². The molecule has 10 nitrogen and oxygen atoms in total. The molecule has 2 N–H and O–H groups in total. The van der Waals surface area contributed by atoms with Gasteiger partial charge in [-0.15, -0.1) is 0 Å². The van der Waals surface area contributed by atoms with E-state index in [2.05, 4.69) is 102 Å². The van der Waals surface area contributed by atoms with Gasteiger partial charge in [-0.05, 0) is 137 Å². The molecule has 10 heteroatoms. The van der Waals surface area contributed by atoms with E-state index >= 15 is 9.59 Å². The highest BCUT2D eigenvalue weighted by molar-refractivity contribution is 6.42. The molecule has 0 amide bonds. The Bertz CT molecular complexity index is 5020. The Kier molecular flexibility index (Phi) is 33.6. The van der Waals surface area contributed by atoms with Crippen molar-refractivity contribution in [2.24, 2.45) is 11.8 Å². The van der Waals surface area contributed by atoms with Crippen LogP contribution in [0.1, 0.15) is 391 Å². The van der Waals surface area contributed by atoms with Gasteiger partial charge in [-0.3, -0.25) is 28.5 Å². The lowest BCUT2D eigenvalue weighted by Crippen LogP contribution is -2.15. The SMILES string of the molecule is CCCCCCCCCCCCC(C#Cc1cc(N)c2nc3c4cc(CCCCCCCC)c5c6ccc7c(=O)n8c9cc(C#CC(CCCCCCCCCC)CCCCCCCCCCCC)cc([N+](=O)[O-])c9nc8c8cc(CCCCCCC)c(c9ccc(c(=O)n3c2c1)c4c95)c6c78)CCCCCCCCCC. The second-order valence-corrected chi connectivity index (χ2v) is 34.0. The molecule has 0 radical (unpaired) electrons. The summed E-state index contributed by atoms with van der Waals surface area (Å²) in [5, 5.41) is 24.6. The van der Waals surface area contributed by atoms with E-state index < -0.39 is 0 Å². The molecule has 0 saturated heterocycles. The molecule has 596 valence electrons. The van der Waals surface area contributed by atoms with Crippen LogP contribution in [0, 0.1) is 45.6 Å². The lowest BCUT2D eigenvalue weighted by molar-refractivity contribution is -0.383. The summed E-state index contributed by atoms with van der Waals surface area (Å²) in [6.45, 7) is 13.7. The van der Waals surface area contributed by atoms with Crippen LogP contribution in [-0.2, 0) is 12.8 Å². The second kappa shape index (κ2) is 44.2. The first-order valence-electron chi connectivity index (χ1n) is 46.0. The number of unbranched alkanes of at least 4 members (excludes halogenated alkanes) is 41. The van der Waals surface area contributed by atoms with Crippen LogP contribution in [0.25, 0.3) is 98.0 Å². The normalized spacial score (nSPS) is 12.7. The van der Waals surface area contributed by atoms with Crippen LogP contribution in [-0.4, -0.2) is 23.7 Å². The summed E-state index contributed by atoms with van der Waals surface area (Å²) in [4.78, 5) is 55.6. The topological polar surface area (TPSA) is 138 Å². The number of nitrogen functional groups attached to an aromatic ring is 1. The van der Waals surface area contributed by atoms with Gasteiger partial charge in [0.1, 0.15) is 16.8 Å². The number of nitro groups is 1. The molecule has 0 aliphatic rings. The number of nitro benzene ring substituents is 1. The summed E-state index contributed by atoms with van der Waals surface area (Å²) in [5.41, 5.74) is 13.9. The minimum Gasteiger partial charge on any atom is -0.397 e. The van der Waals surface area contributed by atoms with Gasteiger partial charge in [0.05, 0.1) is 21.6 Å². The average molecular weight is 1500 g/mol. The number of benzene rings is 7. The molecule has 111 heavy (non-hydrogen) atoms. The number of hydrogen-bond acceptors (Lipinski definition) is 7. The highest BCUT2D eigenvalue weighted by atomic mass is 16.6. The average Bonchev–Trinajstić information content (AvgIpc) is 1.59. The molecule has 4 aromatic heterocycles. The van der Waals surface area contributed by atoms with Crippen LogP contribution in [0.4, 0.5) is 11.4 Å². The van der Waals surface area contributed by atoms with Crippen LogP contribution in [0.2, 0.25) is 0 Å². The number of nitrogens with zero attached hydrogens (tertiary/aromatic N) is 5. The number of pyridine rings is 2. The summed E-state index contributed by atoms with van der Waals surface area (Å²) in [6.07, 6.45) is 64.6. The Morgan fingerprint density at radius 3 is 0.991 bits per heavy atom. The van der Waals surface area contributed by atoms with Crippen LogP contribution in [0.15, 0.2) is 70.3 Å². The summed E-state index contributed by atoms with van der Waals surface area (Å²) in [6, 6.07) is 20.6. The second-order valence-electron chi connectivity index (χ2n) is 34.0. The fourth-order valence-electron chi connectivity index (χ4n) is 18.8. The van der Waals surface area contributed by atoms with Gasteiger partial charge in [0, 0.05) is 61.3 Å². The fraction of sp³-hybridized carbons (Fsp3) is 0.604. The third-order valence-electron chi connectivity index (χ3n) is 25.2. The zero-order valence-electron chi connectivity index (χ0n) is 69.9. The van der Waals surface area contributed by atoms with Gasteiger partial charge in [0.2, 0.25) is 0 Å². The van der Waals surface area contributed by atoms with Gasteiger partial charge < -0.3 is 5.73 Å². The minimum absolute atomic E-state index is 0.123. The Morgan fingerprint density at radius 1 is 0.351 bits per heavy atom. The first kappa shape index (κ1) is 84.4. The van der Waals surface area contributed by atoms with Gasteiger partial charge in [-0.1, -0.05) is 366 Å². The molecule has 2 unspecified atom stereocenters. The number of rotatable bonds is 54. The molecular weight excluding hydrogens is 1360 g/mol. The number of hydrogen-bond donors (Lipinski definition) is 1. The Morgan fingerprint density at radius 2 is 0.649 bits per heavy atom. The Labute approximate surface area is 666 Å². The third-order valence-corrected chi connectivity index (χ3v) is 25.2. The number of aromatic nitrogens is 4. The van der Waals surface area contributed by atoms with Crippen molar-refractivity contribution in [2.45, 2.75) is 382 Å². The number of anilines is 1. The van der Waals surface area contributed by atoms with Crippen LogP contribution in [0.3, 0.4) is 0 Å². The van der Waals surface area contributed by atoms with Crippen molar-refractivity contribution in [3.05, 3.63) is 114 Å². The maximum atomic E-state index is 15.9. The predicted octanol–water partition coefficient (Wildman–Crippen LogP) is 29.8. The van der Waals surface area contributed by atoms with E-state index in [9.17, 15) is 10.1 Å². The van der Waals surface area contributed by atoms with Gasteiger partial charge in [0.25, 0.3) is 16.8 Å². The lowest BCUT2D eigenvalue weighted by atomic mass is 9.81. The molecule has 4 heterocycles. The quantitative estimate of drug-likeness (QED) is 0.00762. The van der Waals surface area contributed by atoms with E-state index in [1.807, 2.05) is 22.6 Å². The molecule has 2 atom stereocenters. The molecule has 0 spiro atoms. The van der Waals surface area contributed by atoms with E-state index in [0.717, 1.165) is 168 Å². The highest BCUT2D eigenvalue weighted by Crippen LogP contribution is 2.50. The van der Waals surface area contributed by atoms with Crippen molar-refractivity contribution >= 4 is 109 Å². The minimum atomic E-state index is -0.335. The molecule has 0 fully saturated rings. The summed E-state index contributed by atoms with van der Waals surface area (Å²) in [7, 11) is 0. The number of fused-ring (bicyclic) bond motifs is 10. The van der Waals surface area contributed by atoms with Gasteiger partial charge >= 0.3 is 0 Å². The first-order valence-corrected chi connectivity index (χ1v) is 46.0. The highest BCUT2D eigenvalue weighted by Gasteiger charge is 2.30. The van der Waals surface area contributed by atoms with Crippen LogP contribution >= 0.6 is 0 Å². The molecule has 11 aromatic rings. The molecule has 0 bridgehead atoms. The Hall–Kier alpha value is -7.56. The number of aryl methyl sites for hydroxylation is 2. The van der Waals surface area contributed by atoms with E-state index in [4.69, 9.17) is 15.7 Å². The van der Waals surface area contributed by atoms with Crippen LogP contribution in [0.5, 0.6) is 0 Å². The largest absolute Gasteiger partial charge is 0.397 e. The standard InChI is InChI=1S/C101H138N6O4/c1-7-13-19-25-30-34-36-40-45-50-55-74(54-48-43-38-32-27-21-15-9-3)60-62-76-68-86(102)96-87(69-76)105-98(103-96)84-72-79(59-53-47-29-23-17-11-5)91-81-65-67-83-93-85(73-78(58-52-42-24-18-12-6)90(95(81)93)80-64-66-82(100(105)108)92(84)94(80)91)99-104-97-88(106(99)101(83)109)70-77(71-89(97)107(110)111)63-61-75(56-49-44-39-33-28-22-16-10-4)57-51-46-41-37-35-31-26-20-14-8-2/h64-75H,7-59,102H2,1-6H3. The van der Waals surface area contributed by atoms with E-state index in [-0.39, 0.29) is 33.2 Å². The maximum Gasteiger partial charge on any atom is 0.298 e. The van der Waals surface area contributed by atoms with Gasteiger partial charge in [-0.25, -0.2) is 9.97 Å². The van der Waals surface area contributed by atoms with Crippen molar-refractivity contribution in [2.75, 3.05) is 5.73 Å². The molecule has 0 aliphatic carbocycles. The zero-order valence-corrected chi connectivity index (χ0v) is 69.9. The summed E-state index contributed by atoms with van der Waals surface area (Å²) < 4.78 is 3.50. The maximum absolute atomic E-state index is 15.9. The van der Waals surface area contributed by atoms with Crippen molar-refractivity contribution in [3.8, 4) is 23.7 Å². The van der Waals surface area contributed by atoms with Crippen molar-refractivity contribution in [1.29, 1.82) is 0 Å². The van der Waals surface area contributed by atoms with E-state index in [0.29, 0.717) is 55.8 Å². The molecule has 11 rings (SSSR count). The zero-order chi connectivity index (χ0) is 77.7. The fourth-order valence-corrected chi connectivity index (χ4v) is 18.8. The first-order chi connectivity index (χ1) is 54.5. The molecule has 7 aromatic carbocycles. The number of non-ortho nitro benzene ring substituents is 1. The number of imidazole rings is 2. The number of nitrogens with two attached hydrogens (primary N) is 1. The van der Waals surface area contributed by atoms with Crippen molar-refractivity contribution in [3.63, 3.8) is 0 Å². The smallest absolute Gasteiger partial charge is 0.298 e. The molecule has 0 saturated carbocycles. The van der Waals surface area contributed by atoms with Crippen molar-refractivity contribution in [1.82, 2.24) is 18.8 Å². The summed E-state index contributed by atoms with van der Waals surface area (Å²) in [5.74, 6) is 15.1. The van der Waals surface area contributed by atoms with E-state index in [1.165, 1.54) is 243 Å². The summed E-state index contributed by atoms with van der Waals surface area (Å²) >= 11 is 0. The Balaban J connectivity index is 1.01. The molecule has 0 aliphatic heterocycles. The van der Waals surface area contributed by atoms with Gasteiger partial charge in [0.15, 0.2) is 5.52 Å².